The first-order chi connectivity index (χ1) is 20.1. The number of aliphatic hydroxyl groups is 4. The van der Waals surface area contributed by atoms with E-state index in [1.165, 1.54) is 31.2 Å². The maximum Gasteiger partial charge on any atom is 0.198 e. The molecular formula is C29H33NO12. The highest BCUT2D eigenvalue weighted by atomic mass is 16.7. The van der Waals surface area contributed by atoms with Crippen LogP contribution in [0.25, 0.3) is 0 Å². The number of Topliss-reactive ketones (excluding diaryl/α,β-unsaturated/α-hetero) is 1. The van der Waals surface area contributed by atoms with Crippen LogP contribution in [0.2, 0.25) is 0 Å². The molecule has 0 spiro atoms. The van der Waals surface area contributed by atoms with Gasteiger partial charge in [0.1, 0.15) is 23.9 Å². The number of hydrogen-bond donors (Lipinski definition) is 5. The largest absolute Gasteiger partial charge is 0.467 e. The lowest BCUT2D eigenvalue weighted by Gasteiger charge is -2.43. The highest BCUT2D eigenvalue weighted by molar-refractivity contribution is 6.30. The van der Waals surface area contributed by atoms with Crippen molar-refractivity contribution in [1.29, 1.82) is 0 Å². The van der Waals surface area contributed by atoms with Gasteiger partial charge in [-0.1, -0.05) is 12.1 Å². The summed E-state index contributed by atoms with van der Waals surface area (Å²) < 4.78 is 28.6. The molecule has 1 heterocycles. The van der Waals surface area contributed by atoms with Crippen molar-refractivity contribution in [3.63, 3.8) is 0 Å². The Balaban J connectivity index is 1.70. The Labute approximate surface area is 240 Å². The number of rotatable bonds is 9. The summed E-state index contributed by atoms with van der Waals surface area (Å²) in [7, 11) is 0. The van der Waals surface area contributed by atoms with Gasteiger partial charge in [-0.15, -0.1) is 0 Å². The van der Waals surface area contributed by atoms with Gasteiger partial charge in [0.2, 0.25) is 0 Å². The van der Waals surface area contributed by atoms with Crippen molar-refractivity contribution in [3.8, 4) is 11.5 Å². The molecule has 0 bridgehead atoms. The van der Waals surface area contributed by atoms with E-state index in [0.717, 1.165) is 0 Å². The Morgan fingerprint density at radius 3 is 2.43 bits per heavy atom. The zero-order valence-electron chi connectivity index (χ0n) is 23.1. The summed E-state index contributed by atoms with van der Waals surface area (Å²) in [5.41, 5.74) is 4.90. The monoisotopic (exact) mass is 587 g/mol. The van der Waals surface area contributed by atoms with Gasteiger partial charge in [0.25, 0.3) is 0 Å². The second-order valence-corrected chi connectivity index (χ2v) is 10.6. The first-order valence-electron chi connectivity index (χ1n) is 13.5. The fourth-order valence-electron chi connectivity index (χ4n) is 6.08. The molecule has 13 nitrogen and oxygen atoms in total. The highest BCUT2D eigenvalue weighted by Gasteiger charge is 2.49. The number of carbonyl (C=O) groups excluding carboxylic acids is 3. The zero-order chi connectivity index (χ0) is 30.3. The van der Waals surface area contributed by atoms with Gasteiger partial charge in [-0.3, -0.25) is 14.4 Å². The lowest BCUT2D eigenvalue weighted by molar-refractivity contribution is -0.250. The van der Waals surface area contributed by atoms with Crippen molar-refractivity contribution in [2.45, 2.75) is 69.4 Å². The third-order valence-corrected chi connectivity index (χ3v) is 8.19. The molecule has 2 aromatic carbocycles. The summed E-state index contributed by atoms with van der Waals surface area (Å²) >= 11 is 0. The van der Waals surface area contributed by atoms with Crippen molar-refractivity contribution in [1.82, 2.24) is 0 Å². The third-order valence-electron chi connectivity index (χ3n) is 8.19. The summed E-state index contributed by atoms with van der Waals surface area (Å²) in [6.45, 7) is 0.552. The number of aliphatic hydroxyl groups excluding tert-OH is 4. The van der Waals surface area contributed by atoms with E-state index in [-0.39, 0.29) is 58.6 Å². The van der Waals surface area contributed by atoms with Crippen LogP contribution in [0, 0.1) is 0 Å². The standard InChI is InChI=1S/C29H33NO12/c1-13-25(35)19(30)7-22(41-13)42-21-9-29(14(2)34,40-12-33)8-18-16(21)6-17-24(28(18)39-11-32)26(36)15-4-3-5-20(38-10-31)23(15)27(17)37/h3-6,13,19,21-22,25,31-33,35H,7-12,30H2,1-2H3/t13-,19+,21?,22+,25+,29?/m1/s1. The number of fused-ring (bicyclic) bond motifs is 3. The molecule has 13 heteroatoms. The third kappa shape index (κ3) is 5.01. The second-order valence-electron chi connectivity index (χ2n) is 10.6. The molecule has 2 aromatic rings. The van der Waals surface area contributed by atoms with E-state index in [0.29, 0.717) is 5.56 Å². The SMILES string of the molecule is CC(=O)C1(OCO)Cc2c(cc3c(c2OCO)C(=O)c2cccc(OCO)c2C3=O)C(O[C@H]2C[C@H](N)[C@@H](O)[C@@H](C)O2)C1. The number of benzene rings is 2. The highest BCUT2D eigenvalue weighted by Crippen LogP contribution is 2.49. The van der Waals surface area contributed by atoms with Crippen LogP contribution in [0.4, 0.5) is 0 Å². The summed E-state index contributed by atoms with van der Waals surface area (Å²) in [4.78, 5) is 40.8. The van der Waals surface area contributed by atoms with Gasteiger partial charge >= 0.3 is 0 Å². The molecule has 5 rings (SSSR count). The summed E-state index contributed by atoms with van der Waals surface area (Å²) in [6, 6.07) is 5.20. The number of ether oxygens (including phenoxy) is 5. The van der Waals surface area contributed by atoms with Gasteiger partial charge in [0.05, 0.1) is 29.4 Å². The molecule has 226 valence electrons. The van der Waals surface area contributed by atoms with Crippen LogP contribution >= 0.6 is 0 Å². The number of hydrogen-bond acceptors (Lipinski definition) is 13. The first-order valence-corrected chi connectivity index (χ1v) is 13.5. The Hall–Kier alpha value is -3.27. The van der Waals surface area contributed by atoms with Gasteiger partial charge in [-0.2, -0.15) is 0 Å². The molecule has 0 radical (unpaired) electrons. The van der Waals surface area contributed by atoms with Crippen molar-refractivity contribution >= 4 is 17.3 Å². The van der Waals surface area contributed by atoms with E-state index in [1.807, 2.05) is 0 Å². The van der Waals surface area contributed by atoms with Crippen LogP contribution in [-0.2, 0) is 25.4 Å². The molecule has 2 aliphatic carbocycles. The number of ketones is 3. The number of carbonyl (C=O) groups is 3. The Morgan fingerprint density at radius 2 is 1.79 bits per heavy atom. The van der Waals surface area contributed by atoms with E-state index in [9.17, 15) is 34.8 Å². The minimum absolute atomic E-state index is 0.00590. The second kappa shape index (κ2) is 11.8. The Bertz CT molecular complexity index is 1400. The maximum atomic E-state index is 13.9. The van der Waals surface area contributed by atoms with E-state index < -0.39 is 74.0 Å². The van der Waals surface area contributed by atoms with Gasteiger partial charge in [-0.25, -0.2) is 0 Å². The molecule has 2 unspecified atom stereocenters. The topological polar surface area (TPSA) is 204 Å². The molecule has 0 amide bonds. The van der Waals surface area contributed by atoms with Crippen molar-refractivity contribution < 1.29 is 58.5 Å². The molecule has 0 aromatic heterocycles. The summed E-state index contributed by atoms with van der Waals surface area (Å²) in [6.07, 6.45) is -3.65. The fraction of sp³-hybridized carbons (Fsp3) is 0.483. The fourth-order valence-corrected chi connectivity index (χ4v) is 6.08. The molecule has 1 fully saturated rings. The summed E-state index contributed by atoms with van der Waals surface area (Å²) in [5, 5.41) is 39.2. The molecule has 3 aliphatic rings. The van der Waals surface area contributed by atoms with Crippen molar-refractivity contribution in [3.05, 3.63) is 57.6 Å². The first kappa shape index (κ1) is 30.2. The Morgan fingerprint density at radius 1 is 1.07 bits per heavy atom. The average Bonchev–Trinajstić information content (AvgIpc) is 2.95. The molecular weight excluding hydrogens is 554 g/mol. The van der Waals surface area contributed by atoms with Gasteiger partial charge < -0.3 is 49.8 Å². The molecule has 42 heavy (non-hydrogen) atoms. The predicted molar refractivity (Wildman–Crippen MR) is 142 cm³/mol. The van der Waals surface area contributed by atoms with Gasteiger partial charge in [-0.05, 0) is 31.5 Å². The quantitative estimate of drug-likeness (QED) is 0.213. The summed E-state index contributed by atoms with van der Waals surface area (Å²) in [5.74, 6) is -1.74. The van der Waals surface area contributed by atoms with E-state index in [4.69, 9.17) is 29.4 Å². The lowest BCUT2D eigenvalue weighted by Crippen LogP contribution is -2.53. The minimum Gasteiger partial charge on any atom is -0.467 e. The van der Waals surface area contributed by atoms with Crippen molar-refractivity contribution in [2.24, 2.45) is 5.73 Å². The van der Waals surface area contributed by atoms with Crippen LogP contribution in [-0.4, -0.2) is 88.3 Å². The average molecular weight is 588 g/mol. The minimum atomic E-state index is -1.61. The van der Waals surface area contributed by atoms with Crippen molar-refractivity contribution in [2.75, 3.05) is 20.4 Å². The van der Waals surface area contributed by atoms with E-state index in [2.05, 4.69) is 0 Å². The lowest BCUT2D eigenvalue weighted by atomic mass is 9.72. The van der Waals surface area contributed by atoms with Crippen LogP contribution in [0.1, 0.15) is 75.8 Å². The molecule has 6 atom stereocenters. The molecule has 1 saturated heterocycles. The van der Waals surface area contributed by atoms with Gasteiger partial charge in [0, 0.05) is 42.0 Å². The van der Waals surface area contributed by atoms with Crippen LogP contribution in [0.15, 0.2) is 24.3 Å². The molecule has 1 aliphatic heterocycles. The zero-order valence-corrected chi connectivity index (χ0v) is 23.1. The van der Waals surface area contributed by atoms with Crippen LogP contribution in [0.3, 0.4) is 0 Å². The maximum absolute atomic E-state index is 13.9. The normalized spacial score (nSPS) is 28.5. The number of nitrogens with two attached hydrogens (primary N) is 1. The molecule has 0 saturated carbocycles. The van der Waals surface area contributed by atoms with Gasteiger partial charge in [0.15, 0.2) is 37.2 Å². The van der Waals surface area contributed by atoms with Crippen LogP contribution in [0.5, 0.6) is 11.5 Å². The Kier molecular flexibility index (Phi) is 8.47. The predicted octanol–water partition coefficient (Wildman–Crippen LogP) is 0.240. The smallest absolute Gasteiger partial charge is 0.198 e. The van der Waals surface area contributed by atoms with Crippen LogP contribution < -0.4 is 15.2 Å². The van der Waals surface area contributed by atoms with E-state index >= 15 is 0 Å². The van der Waals surface area contributed by atoms with E-state index in [1.54, 1.807) is 6.92 Å². The molecule has 6 N–H and O–H groups in total.